The van der Waals surface area contributed by atoms with Gasteiger partial charge in [-0.1, -0.05) is 123 Å². The predicted molar refractivity (Wildman–Crippen MR) is 291 cm³/mol. The van der Waals surface area contributed by atoms with E-state index in [4.69, 9.17) is 18.9 Å². The van der Waals surface area contributed by atoms with Crippen LogP contribution in [0.25, 0.3) is 28.0 Å². The van der Waals surface area contributed by atoms with E-state index >= 15 is 0 Å². The van der Waals surface area contributed by atoms with Crippen LogP contribution in [0.2, 0.25) is 0 Å². The van der Waals surface area contributed by atoms with Crippen LogP contribution in [0.5, 0.6) is 17.2 Å². The highest BCUT2D eigenvalue weighted by Crippen LogP contribution is 2.65. The molecule has 7 heteroatoms. The molecule has 4 aliphatic rings. The van der Waals surface area contributed by atoms with Gasteiger partial charge < -0.3 is 23.8 Å². The van der Waals surface area contributed by atoms with Crippen LogP contribution in [0.4, 0.5) is 5.69 Å². The van der Waals surface area contributed by atoms with Crippen molar-refractivity contribution in [1.82, 2.24) is 0 Å². The van der Waals surface area contributed by atoms with E-state index in [9.17, 15) is 0 Å². The molecule has 2 fully saturated rings. The molecule has 2 aliphatic heterocycles. The number of anilines is 1. The normalized spacial score (nSPS) is 18.6. The molecule has 358 valence electrons. The van der Waals surface area contributed by atoms with Crippen LogP contribution in [0.1, 0.15) is 102 Å². The van der Waals surface area contributed by atoms with Gasteiger partial charge >= 0.3 is 0 Å². The Bertz CT molecular complexity index is 3110. The van der Waals surface area contributed by atoms with Gasteiger partial charge in [-0.2, -0.15) is 0 Å². The summed E-state index contributed by atoms with van der Waals surface area (Å²) in [5.41, 5.74) is 14.4. The van der Waals surface area contributed by atoms with Gasteiger partial charge in [0.05, 0.1) is 32.3 Å². The lowest BCUT2D eigenvalue weighted by Crippen LogP contribution is -2.38. The van der Waals surface area contributed by atoms with Crippen molar-refractivity contribution in [2.45, 2.75) is 111 Å². The number of nitrogens with zero attached hydrogens (tertiary/aromatic N) is 1. The van der Waals surface area contributed by atoms with Crippen molar-refractivity contribution < 1.29 is 18.9 Å². The molecule has 1 spiro atoms. The minimum Gasteiger partial charge on any atom is -0.497 e. The van der Waals surface area contributed by atoms with Crippen LogP contribution in [0, 0.1) is 33.1 Å². The lowest BCUT2D eigenvalue weighted by atomic mass is 9.58. The zero-order chi connectivity index (χ0) is 48.4. The summed E-state index contributed by atoms with van der Waals surface area (Å²) >= 11 is 3.73. The Kier molecular flexibility index (Phi) is 12.4. The molecule has 2 heterocycles. The SMILES string of the molecule is CCC1(CC)CCC2(CC1)c1cc(Sc3c(C)cccc3C)ccc1-c1c2c2c(c3cc(OC)c(Sc4c(C)cccc4C)cc13)OC(c1ccc(OC)cc1)(c1ccc(N3CCOCC3)cc1)C=C2. The van der Waals surface area contributed by atoms with E-state index in [1.165, 1.54) is 102 Å². The van der Waals surface area contributed by atoms with E-state index in [1.807, 2.05) is 30.6 Å². The molecule has 0 radical (unpaired) electrons. The Morgan fingerprint density at radius 2 is 1.26 bits per heavy atom. The second kappa shape index (κ2) is 18.5. The fraction of sp³-hybridized carbons (Fsp3) is 0.333. The number of hydrogen-bond donors (Lipinski definition) is 0. The van der Waals surface area contributed by atoms with Gasteiger partial charge in [-0.25, -0.2) is 0 Å². The highest BCUT2D eigenvalue weighted by atomic mass is 32.2. The van der Waals surface area contributed by atoms with Crippen LogP contribution in [0.3, 0.4) is 0 Å². The highest BCUT2D eigenvalue weighted by Gasteiger charge is 2.52. The maximum atomic E-state index is 8.00. The maximum absolute atomic E-state index is 8.00. The third kappa shape index (κ3) is 7.73. The number of aryl methyl sites for hydroxylation is 4. The van der Waals surface area contributed by atoms with Gasteiger partial charge in [0.25, 0.3) is 0 Å². The molecule has 0 aromatic heterocycles. The highest BCUT2D eigenvalue weighted by molar-refractivity contribution is 7.99. The number of benzene rings is 7. The molecule has 1 unspecified atom stereocenters. The van der Waals surface area contributed by atoms with Gasteiger partial charge in [0.2, 0.25) is 0 Å². The van der Waals surface area contributed by atoms with Gasteiger partial charge in [-0.3, -0.25) is 0 Å². The standard InChI is InChI=1S/C63H65NO4S2/c1-9-61(10-2)29-31-62(32-30-61)53-37-48(69-59-40(3)13-11-14-41(59)4)25-26-49(53)56-51-39-55(70-60-42(5)15-12-16-43(60)6)54(66-8)38-52(51)58-50(57(56)62)27-28-63(68-58,45-19-23-47(65-7)24-20-45)44-17-21-46(22-18-44)64-33-35-67-36-34-64/h11-28,37-39H,9-10,29-36H2,1-8H3. The van der Waals surface area contributed by atoms with Crippen LogP contribution in [-0.2, 0) is 15.8 Å². The first-order chi connectivity index (χ1) is 34.0. The van der Waals surface area contributed by atoms with Crippen molar-refractivity contribution >= 4 is 46.1 Å². The molecule has 7 aromatic rings. The van der Waals surface area contributed by atoms with E-state index in [1.54, 1.807) is 7.11 Å². The van der Waals surface area contributed by atoms with Crippen LogP contribution >= 0.6 is 23.5 Å². The summed E-state index contributed by atoms with van der Waals surface area (Å²) in [5.74, 6) is 2.56. The summed E-state index contributed by atoms with van der Waals surface area (Å²) in [6, 6.07) is 42.9. The Balaban J connectivity index is 1.18. The molecule has 0 amide bonds. The van der Waals surface area contributed by atoms with Gasteiger partial charge in [0.15, 0.2) is 5.60 Å². The number of methoxy groups -OCH3 is 2. The molecule has 1 saturated heterocycles. The second-order valence-electron chi connectivity index (χ2n) is 20.2. The fourth-order valence-corrected chi connectivity index (χ4v) is 14.5. The van der Waals surface area contributed by atoms with Crippen LogP contribution in [-0.4, -0.2) is 40.5 Å². The third-order valence-corrected chi connectivity index (χ3v) is 19.4. The van der Waals surface area contributed by atoms with Crippen molar-refractivity contribution in [1.29, 1.82) is 0 Å². The summed E-state index contributed by atoms with van der Waals surface area (Å²) in [6.45, 7) is 17.0. The van der Waals surface area contributed by atoms with Gasteiger partial charge in [-0.15, -0.1) is 0 Å². The summed E-state index contributed by atoms with van der Waals surface area (Å²) in [5, 5.41) is 2.27. The van der Waals surface area contributed by atoms with E-state index in [-0.39, 0.29) is 5.41 Å². The van der Waals surface area contributed by atoms with Crippen molar-refractivity contribution in [3.05, 3.63) is 171 Å². The first kappa shape index (κ1) is 46.8. The Morgan fingerprint density at radius 3 is 1.86 bits per heavy atom. The maximum Gasteiger partial charge on any atom is 0.178 e. The molecule has 0 bridgehead atoms. The quantitative estimate of drug-likeness (QED) is 0.128. The van der Waals surface area contributed by atoms with E-state index in [0.717, 1.165) is 77.8 Å². The fourth-order valence-electron chi connectivity index (χ4n) is 12.4. The smallest absolute Gasteiger partial charge is 0.178 e. The van der Waals surface area contributed by atoms with E-state index < -0.39 is 5.60 Å². The number of ether oxygens (including phenoxy) is 4. The summed E-state index contributed by atoms with van der Waals surface area (Å²) < 4.78 is 25.9. The molecular formula is C63H65NO4S2. The van der Waals surface area contributed by atoms with Crippen molar-refractivity contribution in [2.75, 3.05) is 45.4 Å². The second-order valence-corrected chi connectivity index (χ2v) is 22.4. The molecule has 11 rings (SSSR count). The third-order valence-electron chi connectivity index (χ3n) is 16.7. The number of morpholine rings is 1. The number of rotatable bonds is 11. The van der Waals surface area contributed by atoms with Gasteiger partial charge in [0, 0.05) is 61.0 Å². The van der Waals surface area contributed by atoms with Gasteiger partial charge in [-0.05, 0) is 163 Å². The molecule has 0 N–H and O–H groups in total. The molecule has 5 nitrogen and oxygen atoms in total. The van der Waals surface area contributed by atoms with Crippen molar-refractivity contribution in [3.8, 4) is 28.4 Å². The molecule has 70 heavy (non-hydrogen) atoms. The molecule has 1 saturated carbocycles. The molecule has 1 atom stereocenters. The predicted octanol–water partition coefficient (Wildman–Crippen LogP) is 16.2. The van der Waals surface area contributed by atoms with Crippen molar-refractivity contribution in [2.24, 2.45) is 5.41 Å². The first-order valence-corrected chi connectivity index (χ1v) is 27.0. The minimum absolute atomic E-state index is 0.207. The topological polar surface area (TPSA) is 40.2 Å². The largest absolute Gasteiger partial charge is 0.497 e. The van der Waals surface area contributed by atoms with Gasteiger partial charge in [0.1, 0.15) is 17.2 Å². The number of hydrogen-bond acceptors (Lipinski definition) is 7. The molecule has 2 aliphatic carbocycles. The van der Waals surface area contributed by atoms with E-state index in [2.05, 4.69) is 174 Å². The Morgan fingerprint density at radius 1 is 0.643 bits per heavy atom. The average molecular weight is 964 g/mol. The molecule has 7 aromatic carbocycles. The first-order valence-electron chi connectivity index (χ1n) is 25.4. The Hall–Kier alpha value is -5.60. The zero-order valence-electron chi connectivity index (χ0n) is 42.1. The van der Waals surface area contributed by atoms with E-state index in [0.29, 0.717) is 5.41 Å². The zero-order valence-corrected chi connectivity index (χ0v) is 43.7. The number of fused-ring (bicyclic) bond motifs is 10. The lowest BCUT2D eigenvalue weighted by Gasteiger charge is -2.47. The van der Waals surface area contributed by atoms with Crippen LogP contribution < -0.4 is 19.1 Å². The van der Waals surface area contributed by atoms with Crippen LogP contribution in [0.15, 0.2) is 141 Å². The summed E-state index contributed by atoms with van der Waals surface area (Å²) in [6.07, 6.45) is 11.7. The minimum atomic E-state index is -0.942. The molecular weight excluding hydrogens is 899 g/mol. The van der Waals surface area contributed by atoms with Crippen molar-refractivity contribution in [3.63, 3.8) is 0 Å². The Labute approximate surface area is 424 Å². The monoisotopic (exact) mass is 963 g/mol. The average Bonchev–Trinajstić information content (AvgIpc) is 3.67. The lowest BCUT2D eigenvalue weighted by molar-refractivity contribution is 0.122. The summed E-state index contributed by atoms with van der Waals surface area (Å²) in [7, 11) is 3.54. The summed E-state index contributed by atoms with van der Waals surface area (Å²) in [4.78, 5) is 7.42.